The molecule has 0 amide bonds. The van der Waals surface area contributed by atoms with E-state index in [1.807, 2.05) is 0 Å². The third-order valence-electron chi connectivity index (χ3n) is 2.10. The summed E-state index contributed by atoms with van der Waals surface area (Å²) < 4.78 is 44.8. The number of halogens is 4. The second kappa shape index (κ2) is 5.93. The van der Waals surface area contributed by atoms with Gasteiger partial charge in [0.05, 0.1) is 18.7 Å². The first-order valence-electron chi connectivity index (χ1n) is 4.79. The van der Waals surface area contributed by atoms with Crippen molar-refractivity contribution in [3.05, 3.63) is 28.8 Å². The minimum atomic E-state index is -4.97. The van der Waals surface area contributed by atoms with Gasteiger partial charge in [0.25, 0.3) is 0 Å². The number of methoxy groups -OCH3 is 1. The maximum absolute atomic E-state index is 12.2. The molecule has 1 aromatic rings. The fourth-order valence-corrected chi connectivity index (χ4v) is 1.78. The van der Waals surface area contributed by atoms with Crippen LogP contribution in [-0.2, 0) is 10.1 Å². The monoisotopic (exact) mass is 337 g/mol. The van der Waals surface area contributed by atoms with Gasteiger partial charge in [0.1, 0.15) is 11.3 Å². The highest BCUT2D eigenvalue weighted by Crippen LogP contribution is 2.30. The van der Waals surface area contributed by atoms with E-state index in [9.17, 15) is 18.0 Å². The number of hydrogen-bond donors (Lipinski definition) is 0. The van der Waals surface area contributed by atoms with E-state index in [1.165, 1.54) is 0 Å². The van der Waals surface area contributed by atoms with Gasteiger partial charge in [0.15, 0.2) is 0 Å². The molecule has 0 N–H and O–H groups in total. The van der Waals surface area contributed by atoms with Crippen LogP contribution in [0.2, 0.25) is 0 Å². The van der Waals surface area contributed by atoms with E-state index < -0.39 is 23.6 Å². The van der Waals surface area contributed by atoms with Gasteiger partial charge in [-0.2, -0.15) is 5.26 Å². The number of esters is 1. The van der Waals surface area contributed by atoms with Gasteiger partial charge in [-0.3, -0.25) is 0 Å². The predicted octanol–water partition coefficient (Wildman–Crippen LogP) is 3.14. The topological polar surface area (TPSA) is 59.3 Å². The summed E-state index contributed by atoms with van der Waals surface area (Å²) in [5.74, 6) is -1.74. The van der Waals surface area contributed by atoms with Crippen LogP contribution in [0.3, 0.4) is 0 Å². The molecule has 0 unspecified atom stereocenters. The molecule has 0 aliphatic rings. The van der Waals surface area contributed by atoms with E-state index in [0.29, 0.717) is 5.56 Å². The fraction of sp³-hybridized carbons (Fsp3) is 0.273. The molecular weight excluding hydrogens is 331 g/mol. The lowest BCUT2D eigenvalue weighted by Gasteiger charge is -2.14. The van der Waals surface area contributed by atoms with Crippen molar-refractivity contribution in [1.29, 1.82) is 5.26 Å². The molecule has 0 bridgehead atoms. The normalized spacial score (nSPS) is 10.7. The van der Waals surface area contributed by atoms with Crippen LogP contribution in [0.4, 0.5) is 13.2 Å². The first kappa shape index (κ1) is 15.3. The number of hydrogen-bond acceptors (Lipinski definition) is 4. The number of nitriles is 1. The van der Waals surface area contributed by atoms with Crippen LogP contribution < -0.4 is 4.74 Å². The van der Waals surface area contributed by atoms with E-state index in [1.54, 1.807) is 6.07 Å². The Morgan fingerprint density at radius 3 is 2.53 bits per heavy atom. The lowest BCUT2D eigenvalue weighted by molar-refractivity contribution is -0.274. The summed E-state index contributed by atoms with van der Waals surface area (Å²) in [5.41, 5.74) is -0.0607. The Morgan fingerprint density at radius 2 is 2.11 bits per heavy atom. The van der Waals surface area contributed by atoms with Crippen LogP contribution in [0.5, 0.6) is 5.75 Å². The molecule has 0 aliphatic heterocycles. The minimum Gasteiger partial charge on any atom is -0.465 e. The van der Waals surface area contributed by atoms with Crippen LogP contribution in [-0.4, -0.2) is 19.4 Å². The highest BCUT2D eigenvalue weighted by Gasteiger charge is 2.33. The molecule has 0 saturated carbocycles. The first-order chi connectivity index (χ1) is 8.82. The minimum absolute atomic E-state index is 0.0243. The molecule has 0 aromatic heterocycles. The highest BCUT2D eigenvalue weighted by atomic mass is 79.9. The molecule has 0 spiro atoms. The number of alkyl halides is 4. The lowest BCUT2D eigenvalue weighted by atomic mass is 10.0. The number of benzene rings is 1. The van der Waals surface area contributed by atoms with Crippen molar-refractivity contribution < 1.29 is 27.4 Å². The zero-order valence-electron chi connectivity index (χ0n) is 9.55. The van der Waals surface area contributed by atoms with Crippen molar-refractivity contribution in [3.63, 3.8) is 0 Å². The average Bonchev–Trinajstić information content (AvgIpc) is 2.35. The van der Waals surface area contributed by atoms with Crippen LogP contribution in [0.1, 0.15) is 21.5 Å². The summed E-state index contributed by atoms with van der Waals surface area (Å²) >= 11 is 3.07. The Bertz CT molecular complexity index is 537. The lowest BCUT2D eigenvalue weighted by Crippen LogP contribution is -2.19. The van der Waals surface area contributed by atoms with Crippen molar-refractivity contribution in [2.24, 2.45) is 0 Å². The summed E-state index contributed by atoms with van der Waals surface area (Å²) in [6.45, 7) is 0. The summed E-state index contributed by atoms with van der Waals surface area (Å²) in [5, 5.41) is 9.04. The molecule has 0 heterocycles. The van der Waals surface area contributed by atoms with Crippen molar-refractivity contribution in [2.45, 2.75) is 11.7 Å². The van der Waals surface area contributed by atoms with E-state index in [2.05, 4.69) is 25.4 Å². The van der Waals surface area contributed by atoms with Crippen LogP contribution in [0.25, 0.3) is 0 Å². The number of ether oxygens (including phenoxy) is 2. The van der Waals surface area contributed by atoms with E-state index in [0.717, 1.165) is 19.2 Å². The summed E-state index contributed by atoms with van der Waals surface area (Å²) in [6, 6.07) is 3.71. The van der Waals surface area contributed by atoms with Gasteiger partial charge < -0.3 is 9.47 Å². The van der Waals surface area contributed by atoms with Gasteiger partial charge in [-0.15, -0.1) is 13.2 Å². The smallest absolute Gasteiger partial charge is 0.465 e. The Morgan fingerprint density at radius 1 is 1.47 bits per heavy atom. The Kier molecular flexibility index (Phi) is 4.78. The van der Waals surface area contributed by atoms with Gasteiger partial charge in [-0.25, -0.2) is 4.79 Å². The number of carbonyl (C=O) groups excluding carboxylic acids is 1. The van der Waals surface area contributed by atoms with Crippen molar-refractivity contribution in [3.8, 4) is 11.8 Å². The Balaban J connectivity index is 3.41. The molecule has 4 nitrogen and oxygen atoms in total. The van der Waals surface area contributed by atoms with Gasteiger partial charge in [-0.05, 0) is 17.7 Å². The van der Waals surface area contributed by atoms with Gasteiger partial charge in [-0.1, -0.05) is 15.9 Å². The standard InChI is InChI=1S/C11H7BrF3NO3/c1-18-10(17)8-2-6(4-12)7(5-16)3-9(8)19-11(13,14)15/h2-3H,4H2,1H3. The van der Waals surface area contributed by atoms with Crippen molar-refractivity contribution >= 4 is 21.9 Å². The second-order valence-electron chi connectivity index (χ2n) is 3.29. The molecule has 0 saturated heterocycles. The first-order valence-corrected chi connectivity index (χ1v) is 5.91. The summed E-state index contributed by atoms with van der Waals surface area (Å²) in [7, 11) is 1.03. The SMILES string of the molecule is COC(=O)c1cc(CBr)c(C#N)cc1OC(F)(F)F. The van der Waals surface area contributed by atoms with Crippen LogP contribution in [0.15, 0.2) is 12.1 Å². The van der Waals surface area contributed by atoms with Gasteiger partial charge in [0, 0.05) is 5.33 Å². The molecular formula is C11H7BrF3NO3. The molecule has 0 radical (unpaired) electrons. The zero-order valence-corrected chi connectivity index (χ0v) is 11.1. The average molecular weight is 338 g/mol. The van der Waals surface area contributed by atoms with Crippen LogP contribution in [0, 0.1) is 11.3 Å². The van der Waals surface area contributed by atoms with E-state index >= 15 is 0 Å². The number of carbonyl (C=O) groups is 1. The predicted molar refractivity (Wildman–Crippen MR) is 61.8 cm³/mol. The molecule has 19 heavy (non-hydrogen) atoms. The third kappa shape index (κ3) is 3.86. The molecule has 1 rings (SSSR count). The largest absolute Gasteiger partial charge is 0.573 e. The Labute approximate surface area is 114 Å². The van der Waals surface area contributed by atoms with Crippen LogP contribution >= 0.6 is 15.9 Å². The molecule has 1 aromatic carbocycles. The molecule has 8 heteroatoms. The molecule has 102 valence electrons. The molecule has 0 fully saturated rings. The van der Waals surface area contributed by atoms with Crippen molar-refractivity contribution in [1.82, 2.24) is 0 Å². The quantitative estimate of drug-likeness (QED) is 0.628. The Hall–Kier alpha value is -1.75. The van der Waals surface area contributed by atoms with Crippen molar-refractivity contribution in [2.75, 3.05) is 7.11 Å². The molecule has 0 aliphatic carbocycles. The van der Waals surface area contributed by atoms with E-state index in [4.69, 9.17) is 5.26 Å². The van der Waals surface area contributed by atoms with Gasteiger partial charge in [0.2, 0.25) is 0 Å². The number of nitrogens with zero attached hydrogens (tertiary/aromatic N) is 1. The third-order valence-corrected chi connectivity index (χ3v) is 2.70. The maximum Gasteiger partial charge on any atom is 0.573 e. The second-order valence-corrected chi connectivity index (χ2v) is 3.85. The molecule has 0 atom stereocenters. The highest BCUT2D eigenvalue weighted by molar-refractivity contribution is 9.08. The summed E-state index contributed by atoms with van der Waals surface area (Å²) in [4.78, 5) is 11.4. The summed E-state index contributed by atoms with van der Waals surface area (Å²) in [6.07, 6.45) is -4.97. The van der Waals surface area contributed by atoms with E-state index in [-0.39, 0.29) is 10.9 Å². The fourth-order valence-electron chi connectivity index (χ4n) is 1.32. The number of rotatable bonds is 3. The van der Waals surface area contributed by atoms with Gasteiger partial charge >= 0.3 is 12.3 Å². The zero-order chi connectivity index (χ0) is 14.6. The maximum atomic E-state index is 12.2.